The van der Waals surface area contributed by atoms with Crippen LogP contribution in [0.1, 0.15) is 31.8 Å². The molecule has 2 rings (SSSR count). The number of nitrogen functional groups attached to an aromatic ring is 1. The van der Waals surface area contributed by atoms with E-state index in [9.17, 15) is 9.59 Å². The summed E-state index contributed by atoms with van der Waals surface area (Å²) < 4.78 is 4.73. The Hall–Kier alpha value is -1.86. The number of anilines is 2. The third-order valence-corrected chi connectivity index (χ3v) is 4.80. The third kappa shape index (κ3) is 2.83. The molecule has 3 N–H and O–H groups in total. The van der Waals surface area contributed by atoms with Crippen molar-refractivity contribution in [2.75, 3.05) is 18.2 Å². The first-order valence-corrected chi connectivity index (χ1v) is 7.52. The Kier molecular flexibility index (Phi) is 4.41. The van der Waals surface area contributed by atoms with E-state index in [2.05, 4.69) is 5.32 Å². The molecule has 0 aliphatic rings. The van der Waals surface area contributed by atoms with Gasteiger partial charge in [0.15, 0.2) is 5.78 Å². The topological polar surface area (TPSA) is 81.4 Å². The lowest BCUT2D eigenvalue weighted by atomic mass is 10.2. The first kappa shape index (κ1) is 14.5. The Morgan fingerprint density at radius 3 is 2.75 bits per heavy atom. The molecule has 0 aliphatic heterocycles. The van der Waals surface area contributed by atoms with Crippen molar-refractivity contribution in [2.45, 2.75) is 13.5 Å². The summed E-state index contributed by atoms with van der Waals surface area (Å²) in [6, 6.07) is 3.94. The van der Waals surface area contributed by atoms with E-state index in [-0.39, 0.29) is 17.0 Å². The minimum absolute atomic E-state index is 0.165. The van der Waals surface area contributed by atoms with Gasteiger partial charge in [0.1, 0.15) is 10.6 Å². The molecule has 2 aromatic rings. The van der Waals surface area contributed by atoms with E-state index in [4.69, 9.17) is 10.5 Å². The number of methoxy groups -OCH3 is 1. The van der Waals surface area contributed by atoms with Crippen LogP contribution in [0, 0.1) is 0 Å². The third-order valence-electron chi connectivity index (χ3n) is 2.66. The predicted molar refractivity (Wildman–Crippen MR) is 81.7 cm³/mol. The number of nitrogens with two attached hydrogens (primary N) is 1. The summed E-state index contributed by atoms with van der Waals surface area (Å²) in [6.45, 7) is 1.99. The Morgan fingerprint density at radius 2 is 2.20 bits per heavy atom. The van der Waals surface area contributed by atoms with E-state index in [0.717, 1.165) is 4.88 Å². The number of hydrogen-bond acceptors (Lipinski definition) is 7. The molecule has 106 valence electrons. The number of hydrogen-bond donors (Lipinski definition) is 2. The van der Waals surface area contributed by atoms with Crippen molar-refractivity contribution in [3.63, 3.8) is 0 Å². The Bertz CT molecular complexity index is 632. The van der Waals surface area contributed by atoms with E-state index < -0.39 is 5.97 Å². The van der Waals surface area contributed by atoms with Gasteiger partial charge < -0.3 is 15.8 Å². The van der Waals surface area contributed by atoms with Gasteiger partial charge in [0.2, 0.25) is 0 Å². The molecule has 0 fully saturated rings. The van der Waals surface area contributed by atoms with Crippen LogP contribution in [0.4, 0.5) is 10.7 Å². The molecule has 0 radical (unpaired) electrons. The van der Waals surface area contributed by atoms with Crippen LogP contribution in [0.3, 0.4) is 0 Å². The van der Waals surface area contributed by atoms with E-state index in [1.807, 2.05) is 17.5 Å². The minimum atomic E-state index is -0.542. The molecule has 0 saturated heterocycles. The number of carbonyl (C=O) groups is 2. The molecular weight excluding hydrogens is 296 g/mol. The number of ether oxygens (including phenoxy) is 1. The van der Waals surface area contributed by atoms with Crippen LogP contribution in [-0.2, 0) is 11.3 Å². The molecule has 0 atom stereocenters. The average molecular weight is 310 g/mol. The van der Waals surface area contributed by atoms with Gasteiger partial charge in [0.25, 0.3) is 0 Å². The summed E-state index contributed by atoms with van der Waals surface area (Å²) in [6.07, 6.45) is 0. The zero-order valence-corrected chi connectivity index (χ0v) is 12.7. The smallest absolute Gasteiger partial charge is 0.343 e. The van der Waals surface area contributed by atoms with E-state index in [0.29, 0.717) is 16.4 Å². The summed E-state index contributed by atoms with van der Waals surface area (Å²) in [5.41, 5.74) is 6.30. The van der Waals surface area contributed by atoms with Gasteiger partial charge in [-0.25, -0.2) is 4.79 Å². The highest BCUT2D eigenvalue weighted by atomic mass is 32.1. The number of nitrogens with one attached hydrogen (secondary N) is 1. The summed E-state index contributed by atoms with van der Waals surface area (Å²) in [7, 11) is 1.29. The molecular formula is C13H14N2O3S2. The lowest BCUT2D eigenvalue weighted by molar-refractivity contribution is 0.0603. The van der Waals surface area contributed by atoms with Gasteiger partial charge in [-0.15, -0.1) is 22.7 Å². The van der Waals surface area contributed by atoms with Gasteiger partial charge in [0, 0.05) is 11.8 Å². The van der Waals surface area contributed by atoms with Crippen LogP contribution in [0.5, 0.6) is 0 Å². The fourth-order valence-corrected chi connectivity index (χ4v) is 3.36. The van der Waals surface area contributed by atoms with E-state index in [1.165, 1.54) is 25.4 Å². The van der Waals surface area contributed by atoms with Crippen molar-refractivity contribution in [3.8, 4) is 0 Å². The van der Waals surface area contributed by atoms with E-state index >= 15 is 0 Å². The lowest BCUT2D eigenvalue weighted by Crippen LogP contribution is -2.08. The quantitative estimate of drug-likeness (QED) is 0.655. The summed E-state index contributed by atoms with van der Waals surface area (Å²) in [4.78, 5) is 24.8. The lowest BCUT2D eigenvalue weighted by Gasteiger charge is -2.05. The van der Waals surface area contributed by atoms with Crippen molar-refractivity contribution in [1.29, 1.82) is 0 Å². The summed E-state index contributed by atoms with van der Waals surface area (Å²) >= 11 is 2.79. The van der Waals surface area contributed by atoms with Gasteiger partial charge in [-0.05, 0) is 11.4 Å². The fourth-order valence-electron chi connectivity index (χ4n) is 1.72. The highest BCUT2D eigenvalue weighted by Gasteiger charge is 2.24. The molecule has 20 heavy (non-hydrogen) atoms. The molecule has 0 unspecified atom stereocenters. The molecule has 0 aliphatic carbocycles. The van der Waals surface area contributed by atoms with E-state index in [1.54, 1.807) is 11.3 Å². The SMILES string of the molecule is COC(=O)c1c(NCc2cccs2)sc(C(C)=O)c1N. The first-order valence-electron chi connectivity index (χ1n) is 5.82. The minimum Gasteiger partial charge on any atom is -0.465 e. The Balaban J connectivity index is 2.32. The molecule has 0 spiro atoms. The van der Waals surface area contributed by atoms with Crippen molar-refractivity contribution < 1.29 is 14.3 Å². The Labute approximate surface area is 124 Å². The van der Waals surface area contributed by atoms with Crippen molar-refractivity contribution in [3.05, 3.63) is 32.8 Å². The molecule has 5 nitrogen and oxygen atoms in total. The molecule has 0 amide bonds. The van der Waals surface area contributed by atoms with Crippen LogP contribution in [0.25, 0.3) is 0 Å². The fraction of sp³-hybridized carbons (Fsp3) is 0.231. The maximum Gasteiger partial charge on any atom is 0.343 e. The number of Topliss-reactive ketones (excluding diaryl/α,β-unsaturated/α-hetero) is 1. The van der Waals surface area contributed by atoms with Crippen molar-refractivity contribution >= 4 is 45.1 Å². The molecule has 0 saturated carbocycles. The zero-order chi connectivity index (χ0) is 14.7. The summed E-state index contributed by atoms with van der Waals surface area (Å²) in [5.74, 6) is -0.707. The normalized spacial score (nSPS) is 10.3. The maximum atomic E-state index is 11.8. The van der Waals surface area contributed by atoms with Crippen LogP contribution < -0.4 is 11.1 Å². The average Bonchev–Trinajstić information content (AvgIpc) is 3.03. The van der Waals surface area contributed by atoms with Crippen molar-refractivity contribution in [2.24, 2.45) is 0 Å². The number of ketones is 1. The molecule has 2 aromatic heterocycles. The number of thiophene rings is 2. The second kappa shape index (κ2) is 6.06. The molecule has 0 aromatic carbocycles. The number of rotatable bonds is 5. The predicted octanol–water partition coefficient (Wildman–Crippen LogP) is 2.99. The van der Waals surface area contributed by atoms with Crippen LogP contribution in [-0.4, -0.2) is 18.9 Å². The molecule has 0 bridgehead atoms. The highest BCUT2D eigenvalue weighted by molar-refractivity contribution is 7.19. The number of esters is 1. The van der Waals surface area contributed by atoms with Crippen LogP contribution in [0.2, 0.25) is 0 Å². The molecule has 2 heterocycles. The zero-order valence-electron chi connectivity index (χ0n) is 11.1. The van der Waals surface area contributed by atoms with Crippen LogP contribution >= 0.6 is 22.7 Å². The first-order chi connectivity index (χ1) is 9.54. The summed E-state index contributed by atoms with van der Waals surface area (Å²) in [5, 5.41) is 5.68. The van der Waals surface area contributed by atoms with Gasteiger partial charge in [0.05, 0.1) is 24.2 Å². The van der Waals surface area contributed by atoms with Crippen LogP contribution in [0.15, 0.2) is 17.5 Å². The van der Waals surface area contributed by atoms with Gasteiger partial charge in [-0.2, -0.15) is 0 Å². The van der Waals surface area contributed by atoms with Gasteiger partial charge in [-0.1, -0.05) is 6.07 Å². The van der Waals surface area contributed by atoms with Gasteiger partial charge >= 0.3 is 5.97 Å². The highest BCUT2D eigenvalue weighted by Crippen LogP contribution is 2.36. The van der Waals surface area contributed by atoms with Crippen molar-refractivity contribution in [1.82, 2.24) is 0 Å². The molecule has 7 heteroatoms. The maximum absolute atomic E-state index is 11.8. The second-order valence-electron chi connectivity index (χ2n) is 4.03. The second-order valence-corrected chi connectivity index (χ2v) is 6.08. The number of carbonyl (C=O) groups excluding carboxylic acids is 2. The monoisotopic (exact) mass is 310 g/mol. The largest absolute Gasteiger partial charge is 0.465 e. The van der Waals surface area contributed by atoms with Gasteiger partial charge in [-0.3, -0.25) is 4.79 Å². The Morgan fingerprint density at radius 1 is 1.45 bits per heavy atom. The standard InChI is InChI=1S/C13H14N2O3S2/c1-7(16)11-10(14)9(13(17)18-2)12(20-11)15-6-8-4-3-5-19-8/h3-5,15H,6,14H2,1-2H3.